The molecule has 0 bridgehead atoms. The highest BCUT2D eigenvalue weighted by atomic mass is 15.3. The van der Waals surface area contributed by atoms with Gasteiger partial charge in [0, 0.05) is 5.56 Å². The van der Waals surface area contributed by atoms with E-state index in [1.165, 1.54) is 49.7 Å². The minimum absolute atomic E-state index is 0.425. The third kappa shape index (κ3) is 4.06. The molecular weight excluding hydrogens is 234 g/mol. The van der Waals surface area contributed by atoms with Crippen LogP contribution in [0.15, 0.2) is 23.2 Å². The zero-order chi connectivity index (χ0) is 13.7. The lowest BCUT2D eigenvalue weighted by Gasteiger charge is -2.13. The lowest BCUT2D eigenvalue weighted by atomic mass is 10.1. The molecule has 0 heterocycles. The monoisotopic (exact) mass is 259 g/mol. The van der Waals surface area contributed by atoms with Gasteiger partial charge >= 0.3 is 0 Å². The van der Waals surface area contributed by atoms with Gasteiger partial charge in [0.05, 0.1) is 6.04 Å². The predicted octanol–water partition coefficient (Wildman–Crippen LogP) is 3.24. The third-order valence-electron chi connectivity index (χ3n) is 3.77. The molecule has 104 valence electrons. The Hall–Kier alpha value is -1.35. The van der Waals surface area contributed by atoms with Crippen molar-refractivity contribution in [1.82, 2.24) is 5.43 Å². The fraction of sp³-hybridized carbons (Fsp3) is 0.562. The first kappa shape index (κ1) is 14.1. The number of nitrogens with zero attached hydrogens (tertiary/aromatic N) is 1. The van der Waals surface area contributed by atoms with E-state index in [2.05, 4.69) is 37.5 Å². The average Bonchev–Trinajstić information content (AvgIpc) is 2.63. The quantitative estimate of drug-likeness (QED) is 0.282. The van der Waals surface area contributed by atoms with Crippen molar-refractivity contribution in [2.24, 2.45) is 10.8 Å². The molecule has 0 aromatic heterocycles. The Kier molecular flexibility index (Phi) is 4.97. The number of aliphatic imine (C=N–C) groups is 1. The summed E-state index contributed by atoms with van der Waals surface area (Å²) in [6.07, 6.45) is 7.66. The molecule has 3 heteroatoms. The summed E-state index contributed by atoms with van der Waals surface area (Å²) in [5, 5.41) is 0. The third-order valence-corrected chi connectivity index (χ3v) is 3.77. The number of benzene rings is 1. The second-order valence-corrected chi connectivity index (χ2v) is 5.64. The van der Waals surface area contributed by atoms with Crippen molar-refractivity contribution in [2.75, 3.05) is 0 Å². The number of hydrazine groups is 1. The van der Waals surface area contributed by atoms with Crippen molar-refractivity contribution < 1.29 is 0 Å². The Morgan fingerprint density at radius 3 is 2.16 bits per heavy atom. The molecule has 0 saturated heterocycles. The average molecular weight is 259 g/mol. The van der Waals surface area contributed by atoms with Gasteiger partial charge in [-0.05, 0) is 38.8 Å². The molecule has 3 nitrogen and oxygen atoms in total. The summed E-state index contributed by atoms with van der Waals surface area (Å²) in [5.74, 6) is 6.51. The van der Waals surface area contributed by atoms with E-state index in [0.29, 0.717) is 6.04 Å². The molecule has 0 radical (unpaired) electrons. The molecule has 1 saturated carbocycles. The van der Waals surface area contributed by atoms with Crippen molar-refractivity contribution in [3.05, 3.63) is 34.9 Å². The van der Waals surface area contributed by atoms with Gasteiger partial charge in [-0.3, -0.25) is 4.99 Å². The minimum atomic E-state index is 0.425. The Morgan fingerprint density at radius 1 is 1.05 bits per heavy atom. The summed E-state index contributed by atoms with van der Waals surface area (Å²) < 4.78 is 0. The van der Waals surface area contributed by atoms with Gasteiger partial charge in [-0.25, -0.2) is 5.84 Å². The summed E-state index contributed by atoms with van der Waals surface area (Å²) in [4.78, 5) is 4.85. The Labute approximate surface area is 116 Å². The maximum absolute atomic E-state index is 5.68. The standard InChI is InChI=1S/C16H25N3/c1-12-9-13(2)11-14(10-12)16(19-17)18-15-7-5-3-4-6-8-15/h9-11,15H,3-8,17H2,1-2H3,(H,18,19). The number of rotatable bonds is 2. The van der Waals surface area contributed by atoms with Crippen LogP contribution in [-0.4, -0.2) is 11.9 Å². The van der Waals surface area contributed by atoms with Crippen LogP contribution in [0.25, 0.3) is 0 Å². The fourth-order valence-corrected chi connectivity index (χ4v) is 2.88. The zero-order valence-corrected chi connectivity index (χ0v) is 12.1. The maximum Gasteiger partial charge on any atom is 0.142 e. The molecule has 0 unspecified atom stereocenters. The van der Waals surface area contributed by atoms with Gasteiger partial charge < -0.3 is 5.43 Å². The lowest BCUT2D eigenvalue weighted by Crippen LogP contribution is -2.32. The van der Waals surface area contributed by atoms with Gasteiger partial charge in [-0.1, -0.05) is 42.9 Å². The lowest BCUT2D eigenvalue weighted by molar-refractivity contribution is 0.583. The summed E-state index contributed by atoms with van der Waals surface area (Å²) in [7, 11) is 0. The summed E-state index contributed by atoms with van der Waals surface area (Å²) in [5.41, 5.74) is 6.39. The molecule has 3 N–H and O–H groups in total. The van der Waals surface area contributed by atoms with E-state index in [1.807, 2.05) is 0 Å². The largest absolute Gasteiger partial charge is 0.308 e. The van der Waals surface area contributed by atoms with Crippen molar-refractivity contribution in [3.63, 3.8) is 0 Å². The maximum atomic E-state index is 5.68. The second kappa shape index (κ2) is 6.71. The molecule has 2 rings (SSSR count). The molecule has 1 fully saturated rings. The van der Waals surface area contributed by atoms with Gasteiger partial charge in [0.15, 0.2) is 0 Å². The van der Waals surface area contributed by atoms with Gasteiger partial charge in [-0.2, -0.15) is 0 Å². The van der Waals surface area contributed by atoms with E-state index >= 15 is 0 Å². The molecule has 1 aromatic carbocycles. The zero-order valence-electron chi connectivity index (χ0n) is 12.1. The van der Waals surface area contributed by atoms with Gasteiger partial charge in [-0.15, -0.1) is 0 Å². The van der Waals surface area contributed by atoms with Crippen LogP contribution in [0.2, 0.25) is 0 Å². The van der Waals surface area contributed by atoms with Gasteiger partial charge in [0.25, 0.3) is 0 Å². The minimum Gasteiger partial charge on any atom is -0.308 e. The molecule has 0 aliphatic heterocycles. The fourth-order valence-electron chi connectivity index (χ4n) is 2.88. The van der Waals surface area contributed by atoms with Crippen LogP contribution in [0, 0.1) is 13.8 Å². The summed E-state index contributed by atoms with van der Waals surface area (Å²) in [6, 6.07) is 6.88. The van der Waals surface area contributed by atoms with E-state index in [1.54, 1.807) is 0 Å². The highest BCUT2D eigenvalue weighted by Crippen LogP contribution is 2.20. The highest BCUT2D eigenvalue weighted by molar-refractivity contribution is 5.98. The van der Waals surface area contributed by atoms with Crippen LogP contribution in [0.5, 0.6) is 0 Å². The van der Waals surface area contributed by atoms with Crippen molar-refractivity contribution in [2.45, 2.75) is 58.4 Å². The number of nitrogens with two attached hydrogens (primary N) is 1. The smallest absolute Gasteiger partial charge is 0.142 e. The topological polar surface area (TPSA) is 50.4 Å². The number of hydrogen-bond acceptors (Lipinski definition) is 2. The molecule has 0 amide bonds. The van der Waals surface area contributed by atoms with Crippen molar-refractivity contribution in [3.8, 4) is 0 Å². The summed E-state index contributed by atoms with van der Waals surface area (Å²) in [6.45, 7) is 4.21. The van der Waals surface area contributed by atoms with Crippen LogP contribution in [-0.2, 0) is 0 Å². The molecular formula is C16H25N3. The van der Waals surface area contributed by atoms with Gasteiger partial charge in [0.1, 0.15) is 5.84 Å². The number of hydrogen-bond donors (Lipinski definition) is 2. The first-order valence-electron chi connectivity index (χ1n) is 7.32. The second-order valence-electron chi connectivity index (χ2n) is 5.64. The molecule has 1 aliphatic carbocycles. The van der Waals surface area contributed by atoms with Crippen LogP contribution in [0.3, 0.4) is 0 Å². The van der Waals surface area contributed by atoms with Crippen molar-refractivity contribution in [1.29, 1.82) is 0 Å². The normalized spacial score (nSPS) is 18.2. The van der Waals surface area contributed by atoms with E-state index in [-0.39, 0.29) is 0 Å². The Balaban J connectivity index is 2.22. The summed E-state index contributed by atoms with van der Waals surface area (Å²) >= 11 is 0. The first-order chi connectivity index (χ1) is 9.19. The number of aryl methyl sites for hydroxylation is 2. The number of nitrogens with one attached hydrogen (secondary N) is 1. The number of amidine groups is 1. The Morgan fingerprint density at radius 2 is 1.63 bits per heavy atom. The predicted molar refractivity (Wildman–Crippen MR) is 81.3 cm³/mol. The van der Waals surface area contributed by atoms with Crippen LogP contribution >= 0.6 is 0 Å². The van der Waals surface area contributed by atoms with Gasteiger partial charge in [0.2, 0.25) is 0 Å². The molecule has 0 spiro atoms. The van der Waals surface area contributed by atoms with E-state index in [9.17, 15) is 0 Å². The van der Waals surface area contributed by atoms with E-state index < -0.39 is 0 Å². The van der Waals surface area contributed by atoms with Crippen LogP contribution in [0.4, 0.5) is 0 Å². The van der Waals surface area contributed by atoms with Crippen molar-refractivity contribution >= 4 is 5.84 Å². The molecule has 19 heavy (non-hydrogen) atoms. The molecule has 0 atom stereocenters. The first-order valence-corrected chi connectivity index (χ1v) is 7.32. The van der Waals surface area contributed by atoms with Crippen LogP contribution < -0.4 is 11.3 Å². The molecule has 1 aliphatic rings. The van der Waals surface area contributed by atoms with Crippen LogP contribution in [0.1, 0.15) is 55.2 Å². The van der Waals surface area contributed by atoms with E-state index in [0.717, 1.165) is 11.4 Å². The highest BCUT2D eigenvalue weighted by Gasteiger charge is 2.13. The SMILES string of the molecule is Cc1cc(C)cc(C(=NC2CCCCCC2)NN)c1. The molecule has 1 aromatic rings. The Bertz CT molecular complexity index is 423. The van der Waals surface area contributed by atoms with E-state index in [4.69, 9.17) is 10.8 Å².